The van der Waals surface area contributed by atoms with Crippen molar-refractivity contribution in [3.8, 4) is 5.69 Å². The van der Waals surface area contributed by atoms with E-state index in [1.165, 1.54) is 35.5 Å². The van der Waals surface area contributed by atoms with Crippen molar-refractivity contribution in [2.75, 3.05) is 13.2 Å². The first-order chi connectivity index (χ1) is 11.1. The molecule has 1 fully saturated rings. The van der Waals surface area contributed by atoms with Crippen LogP contribution in [-0.2, 0) is 4.74 Å². The Labute approximate surface area is 131 Å². The molecule has 1 aromatic carbocycles. The highest BCUT2D eigenvalue weighted by atomic mass is 16.6. The number of benzene rings is 1. The van der Waals surface area contributed by atoms with Crippen molar-refractivity contribution in [1.29, 1.82) is 0 Å². The Hall–Kier alpha value is -2.81. The standard InChI is InChI=1S/C14H15N5O4/c20-14(16-7-11-2-1-5-23-11)10-3-4-12(13(6-10)19(21)22)18-9-15-8-17-18/h3-4,6,8-9,11H,1-2,5,7H2,(H,16,20). The minimum absolute atomic E-state index is 0.0170. The maximum absolute atomic E-state index is 12.1. The van der Waals surface area contributed by atoms with Crippen molar-refractivity contribution in [2.45, 2.75) is 18.9 Å². The molecule has 23 heavy (non-hydrogen) atoms. The van der Waals surface area contributed by atoms with Crippen molar-refractivity contribution in [3.05, 3.63) is 46.5 Å². The summed E-state index contributed by atoms with van der Waals surface area (Å²) in [5.74, 6) is -0.367. The van der Waals surface area contributed by atoms with Gasteiger partial charge < -0.3 is 10.1 Å². The van der Waals surface area contributed by atoms with Crippen molar-refractivity contribution in [2.24, 2.45) is 0 Å². The third-order valence-corrected chi connectivity index (χ3v) is 3.61. The molecule has 1 aromatic heterocycles. The molecule has 120 valence electrons. The van der Waals surface area contributed by atoms with Gasteiger partial charge in [0.2, 0.25) is 0 Å². The minimum Gasteiger partial charge on any atom is -0.376 e. The lowest BCUT2D eigenvalue weighted by Crippen LogP contribution is -2.31. The lowest BCUT2D eigenvalue weighted by Gasteiger charge is -2.11. The van der Waals surface area contributed by atoms with E-state index in [2.05, 4.69) is 15.4 Å². The van der Waals surface area contributed by atoms with Gasteiger partial charge >= 0.3 is 0 Å². The van der Waals surface area contributed by atoms with Gasteiger partial charge in [-0.1, -0.05) is 0 Å². The summed E-state index contributed by atoms with van der Waals surface area (Å²) < 4.78 is 6.71. The summed E-state index contributed by atoms with van der Waals surface area (Å²) in [6.45, 7) is 1.11. The first-order valence-electron chi connectivity index (χ1n) is 7.18. The predicted molar refractivity (Wildman–Crippen MR) is 79.3 cm³/mol. The van der Waals surface area contributed by atoms with Crippen LogP contribution >= 0.6 is 0 Å². The zero-order valence-electron chi connectivity index (χ0n) is 12.2. The van der Waals surface area contributed by atoms with Crippen molar-refractivity contribution in [1.82, 2.24) is 20.1 Å². The molecular formula is C14H15N5O4. The van der Waals surface area contributed by atoms with Gasteiger partial charge in [0.25, 0.3) is 11.6 Å². The van der Waals surface area contributed by atoms with Crippen LogP contribution in [0.15, 0.2) is 30.9 Å². The first kappa shape index (κ1) is 15.1. The predicted octanol–water partition coefficient (Wildman–Crippen LogP) is 1.08. The molecule has 3 rings (SSSR count). The Bertz CT molecular complexity index is 710. The number of nitro benzene ring substituents is 1. The highest BCUT2D eigenvalue weighted by molar-refractivity contribution is 5.95. The molecule has 1 aliphatic rings. The van der Waals surface area contributed by atoms with Crippen LogP contribution in [0.5, 0.6) is 0 Å². The number of rotatable bonds is 5. The second-order valence-electron chi connectivity index (χ2n) is 5.15. The Kier molecular flexibility index (Phi) is 4.29. The number of amides is 1. The molecule has 9 heteroatoms. The lowest BCUT2D eigenvalue weighted by atomic mass is 10.1. The fourth-order valence-electron chi connectivity index (χ4n) is 2.45. The fourth-order valence-corrected chi connectivity index (χ4v) is 2.45. The van der Waals surface area contributed by atoms with Crippen LogP contribution in [0, 0.1) is 10.1 Å². The van der Waals surface area contributed by atoms with E-state index < -0.39 is 4.92 Å². The van der Waals surface area contributed by atoms with Gasteiger partial charge in [0, 0.05) is 24.8 Å². The van der Waals surface area contributed by atoms with Gasteiger partial charge in [-0.05, 0) is 25.0 Å². The van der Waals surface area contributed by atoms with Gasteiger partial charge in [0.15, 0.2) is 0 Å². The Morgan fingerprint density at radius 3 is 3.04 bits per heavy atom. The van der Waals surface area contributed by atoms with E-state index in [0.717, 1.165) is 12.8 Å². The molecule has 1 amide bonds. The molecule has 0 bridgehead atoms. The lowest BCUT2D eigenvalue weighted by molar-refractivity contribution is -0.384. The highest BCUT2D eigenvalue weighted by Gasteiger charge is 2.21. The van der Waals surface area contributed by atoms with Gasteiger partial charge in [0.05, 0.1) is 11.0 Å². The zero-order valence-corrected chi connectivity index (χ0v) is 12.2. The summed E-state index contributed by atoms with van der Waals surface area (Å²) in [5, 5.41) is 17.9. The molecule has 9 nitrogen and oxygen atoms in total. The molecule has 1 N–H and O–H groups in total. The quantitative estimate of drug-likeness (QED) is 0.652. The van der Waals surface area contributed by atoms with Gasteiger partial charge in [0.1, 0.15) is 18.3 Å². The summed E-state index contributed by atoms with van der Waals surface area (Å²) in [7, 11) is 0. The third-order valence-electron chi connectivity index (χ3n) is 3.61. The maximum atomic E-state index is 12.1. The summed E-state index contributed by atoms with van der Waals surface area (Å²) >= 11 is 0. The number of carbonyl (C=O) groups excluding carboxylic acids is 1. The molecule has 0 radical (unpaired) electrons. The molecule has 0 spiro atoms. The van der Waals surface area contributed by atoms with E-state index in [1.54, 1.807) is 0 Å². The zero-order chi connectivity index (χ0) is 16.2. The summed E-state index contributed by atoms with van der Waals surface area (Å²) in [5.41, 5.74) is 0.266. The summed E-state index contributed by atoms with van der Waals surface area (Å²) in [6, 6.07) is 4.24. The Morgan fingerprint density at radius 2 is 2.39 bits per heavy atom. The number of hydrogen-bond donors (Lipinski definition) is 1. The highest BCUT2D eigenvalue weighted by Crippen LogP contribution is 2.23. The smallest absolute Gasteiger partial charge is 0.295 e. The van der Waals surface area contributed by atoms with E-state index in [9.17, 15) is 14.9 Å². The van der Waals surface area contributed by atoms with Gasteiger partial charge in [-0.15, -0.1) is 0 Å². The molecule has 2 aromatic rings. The van der Waals surface area contributed by atoms with Crippen LogP contribution in [-0.4, -0.2) is 44.9 Å². The molecule has 1 atom stereocenters. The minimum atomic E-state index is -0.548. The second kappa shape index (κ2) is 6.53. The number of nitrogens with one attached hydrogen (secondary N) is 1. The molecule has 2 heterocycles. The number of aromatic nitrogens is 3. The second-order valence-corrected chi connectivity index (χ2v) is 5.15. The largest absolute Gasteiger partial charge is 0.376 e. The van der Waals surface area contributed by atoms with Crippen molar-refractivity contribution in [3.63, 3.8) is 0 Å². The van der Waals surface area contributed by atoms with Crippen LogP contribution < -0.4 is 5.32 Å². The number of nitro groups is 1. The van der Waals surface area contributed by atoms with E-state index >= 15 is 0 Å². The van der Waals surface area contributed by atoms with E-state index in [1.807, 2.05) is 0 Å². The van der Waals surface area contributed by atoms with Crippen LogP contribution in [0.2, 0.25) is 0 Å². The van der Waals surface area contributed by atoms with Crippen LogP contribution in [0.3, 0.4) is 0 Å². The van der Waals surface area contributed by atoms with Gasteiger partial charge in [-0.2, -0.15) is 5.10 Å². The van der Waals surface area contributed by atoms with Gasteiger partial charge in [-0.25, -0.2) is 9.67 Å². The summed E-state index contributed by atoms with van der Waals surface area (Å²) in [4.78, 5) is 26.6. The van der Waals surface area contributed by atoms with Crippen molar-refractivity contribution >= 4 is 11.6 Å². The maximum Gasteiger partial charge on any atom is 0.295 e. The third kappa shape index (κ3) is 3.34. The molecule has 0 aliphatic carbocycles. The molecule has 1 saturated heterocycles. The van der Waals surface area contributed by atoms with E-state index in [0.29, 0.717) is 13.2 Å². The topological polar surface area (TPSA) is 112 Å². The average molecular weight is 317 g/mol. The van der Waals surface area contributed by atoms with Crippen LogP contribution in [0.1, 0.15) is 23.2 Å². The van der Waals surface area contributed by atoms with Crippen molar-refractivity contribution < 1.29 is 14.5 Å². The number of ether oxygens (including phenoxy) is 1. The van der Waals surface area contributed by atoms with Gasteiger partial charge in [-0.3, -0.25) is 14.9 Å². The van der Waals surface area contributed by atoms with Crippen LogP contribution in [0.4, 0.5) is 5.69 Å². The SMILES string of the molecule is O=C(NCC1CCCO1)c1ccc(-n2cncn2)c([N+](=O)[O-])c1. The molecule has 1 unspecified atom stereocenters. The number of hydrogen-bond acceptors (Lipinski definition) is 6. The number of nitrogens with zero attached hydrogens (tertiary/aromatic N) is 4. The molecule has 1 aliphatic heterocycles. The average Bonchev–Trinajstić information content (AvgIpc) is 3.25. The molecular weight excluding hydrogens is 302 g/mol. The van der Waals surface area contributed by atoms with E-state index in [-0.39, 0.29) is 28.9 Å². The van der Waals surface area contributed by atoms with E-state index in [4.69, 9.17) is 4.74 Å². The number of carbonyl (C=O) groups is 1. The normalized spacial score (nSPS) is 17.1. The monoisotopic (exact) mass is 317 g/mol. The Balaban J connectivity index is 1.78. The first-order valence-corrected chi connectivity index (χ1v) is 7.18. The summed E-state index contributed by atoms with van der Waals surface area (Å²) in [6.07, 6.45) is 4.55. The van der Waals surface area contributed by atoms with Crippen LogP contribution in [0.25, 0.3) is 5.69 Å². The fraction of sp³-hybridized carbons (Fsp3) is 0.357. The molecule has 0 saturated carbocycles. The Morgan fingerprint density at radius 1 is 1.52 bits per heavy atom.